The molecular weight excluding hydrogens is 440 g/mol. The van der Waals surface area contributed by atoms with Crippen LogP contribution in [0.25, 0.3) is 0 Å². The Morgan fingerprint density at radius 1 is 1.31 bits per heavy atom. The summed E-state index contributed by atoms with van der Waals surface area (Å²) in [5.41, 5.74) is 1.70. The predicted octanol–water partition coefficient (Wildman–Crippen LogP) is 5.01. The van der Waals surface area contributed by atoms with Crippen molar-refractivity contribution in [1.82, 2.24) is 4.90 Å². The minimum Gasteiger partial charge on any atom is -0.493 e. The summed E-state index contributed by atoms with van der Waals surface area (Å²) in [4.78, 5) is 2.34. The predicted molar refractivity (Wildman–Crippen MR) is 119 cm³/mol. The Bertz CT molecular complexity index is 844. The number of nitrogens with zero attached hydrogens (tertiary/aromatic N) is 1. The Labute approximate surface area is 194 Å². The van der Waals surface area contributed by atoms with Gasteiger partial charge in [0.15, 0.2) is 11.5 Å². The summed E-state index contributed by atoms with van der Waals surface area (Å²) in [5, 5.41) is 11.3. The Kier molecular flexibility index (Phi) is 6.67. The van der Waals surface area contributed by atoms with E-state index in [1.165, 1.54) is 0 Å². The molecule has 5 nitrogen and oxygen atoms in total. The van der Waals surface area contributed by atoms with Gasteiger partial charge in [0.2, 0.25) is 5.92 Å². The van der Waals surface area contributed by atoms with E-state index in [2.05, 4.69) is 4.90 Å². The number of ether oxygens (including phenoxy) is 3. The number of aliphatic hydroxyl groups is 1. The first kappa shape index (κ1) is 24.0. The fourth-order valence-electron chi connectivity index (χ4n) is 5.29. The lowest BCUT2D eigenvalue weighted by atomic mass is 9.84. The van der Waals surface area contributed by atoms with Gasteiger partial charge in [0, 0.05) is 32.0 Å². The van der Waals surface area contributed by atoms with Crippen molar-refractivity contribution in [2.45, 2.75) is 82.6 Å². The molecular formula is C24H34ClF2NO4. The summed E-state index contributed by atoms with van der Waals surface area (Å²) >= 11 is 6.78. The number of benzene rings is 1. The van der Waals surface area contributed by atoms with E-state index in [1.54, 1.807) is 7.11 Å². The molecule has 1 saturated heterocycles. The largest absolute Gasteiger partial charge is 0.493 e. The summed E-state index contributed by atoms with van der Waals surface area (Å²) in [6.07, 6.45) is 0.684. The summed E-state index contributed by atoms with van der Waals surface area (Å²) in [6, 6.07) is 1.96. The van der Waals surface area contributed by atoms with Crippen LogP contribution in [0, 0.1) is 5.92 Å². The first-order valence-electron chi connectivity index (χ1n) is 11.5. The molecule has 1 N–H and O–H groups in total. The highest BCUT2D eigenvalue weighted by atomic mass is 35.5. The maximum atomic E-state index is 13.5. The number of hydrogen-bond acceptors (Lipinski definition) is 5. The van der Waals surface area contributed by atoms with Crippen LogP contribution in [-0.2, 0) is 11.2 Å². The Hall–Kier alpha value is -1.15. The van der Waals surface area contributed by atoms with Crippen molar-refractivity contribution < 1.29 is 28.1 Å². The number of piperidine rings is 1. The molecule has 180 valence electrons. The lowest BCUT2D eigenvalue weighted by Gasteiger charge is -2.47. The van der Waals surface area contributed by atoms with E-state index in [1.807, 2.05) is 26.8 Å². The first-order valence-corrected chi connectivity index (χ1v) is 11.8. The summed E-state index contributed by atoms with van der Waals surface area (Å²) in [6.45, 7) is 7.64. The third kappa shape index (κ3) is 5.01. The van der Waals surface area contributed by atoms with Crippen molar-refractivity contribution in [2.24, 2.45) is 5.92 Å². The van der Waals surface area contributed by atoms with Crippen LogP contribution in [0.3, 0.4) is 0 Å². The molecule has 2 heterocycles. The van der Waals surface area contributed by atoms with Gasteiger partial charge in [-0.05, 0) is 63.1 Å². The van der Waals surface area contributed by atoms with Crippen molar-refractivity contribution >= 4 is 11.6 Å². The first-order chi connectivity index (χ1) is 15.0. The van der Waals surface area contributed by atoms with Gasteiger partial charge in [-0.25, -0.2) is 8.78 Å². The zero-order chi connectivity index (χ0) is 23.3. The third-order valence-electron chi connectivity index (χ3n) is 6.77. The summed E-state index contributed by atoms with van der Waals surface area (Å²) < 4.78 is 44.7. The second kappa shape index (κ2) is 8.90. The van der Waals surface area contributed by atoms with Gasteiger partial charge in [-0.15, -0.1) is 0 Å². The average molecular weight is 474 g/mol. The number of fused-ring (bicyclic) bond motifs is 3. The lowest BCUT2D eigenvalue weighted by Crippen LogP contribution is -2.53. The van der Waals surface area contributed by atoms with E-state index < -0.39 is 12.0 Å². The second-order valence-electron chi connectivity index (χ2n) is 10.4. The lowest BCUT2D eigenvalue weighted by molar-refractivity contribution is -0.149. The highest BCUT2D eigenvalue weighted by Crippen LogP contribution is 2.48. The summed E-state index contributed by atoms with van der Waals surface area (Å²) in [7, 11) is 1.55. The van der Waals surface area contributed by atoms with Crippen LogP contribution in [0.15, 0.2) is 6.07 Å². The van der Waals surface area contributed by atoms with Gasteiger partial charge >= 0.3 is 0 Å². The number of hydrogen-bond donors (Lipinski definition) is 1. The molecule has 2 aliphatic heterocycles. The van der Waals surface area contributed by atoms with E-state index in [-0.39, 0.29) is 43.1 Å². The van der Waals surface area contributed by atoms with E-state index >= 15 is 0 Å². The number of alkyl halides is 2. The zero-order valence-electron chi connectivity index (χ0n) is 19.3. The molecule has 0 aromatic heterocycles. The second-order valence-corrected chi connectivity index (χ2v) is 10.8. The molecule has 3 aliphatic rings. The van der Waals surface area contributed by atoms with Gasteiger partial charge in [0.1, 0.15) is 0 Å². The highest BCUT2D eigenvalue weighted by molar-refractivity contribution is 6.33. The molecule has 1 saturated carbocycles. The Balaban J connectivity index is 1.54. The van der Waals surface area contributed by atoms with Gasteiger partial charge in [-0.1, -0.05) is 11.6 Å². The molecule has 1 aliphatic carbocycles. The monoisotopic (exact) mass is 473 g/mol. The topological polar surface area (TPSA) is 51.2 Å². The number of methoxy groups -OCH3 is 1. The molecule has 8 heteroatoms. The Morgan fingerprint density at radius 2 is 2.06 bits per heavy atom. The standard InChI is InChI=1S/C24H34ClF2NO4/c1-23(2,3)32-20-12-28-8-6-15-16(17(28)10-18(20)29)9-19(30-4)22(21(15)25)31-13-14-5-7-24(26,27)11-14/h9,14,17-18,20,29H,5-8,10-13H2,1-4H3/t14?,17-,18-,20-/m1/s1. The molecule has 1 aromatic carbocycles. The van der Waals surface area contributed by atoms with Crippen LogP contribution in [-0.4, -0.2) is 60.5 Å². The van der Waals surface area contributed by atoms with Gasteiger partial charge < -0.3 is 19.3 Å². The van der Waals surface area contributed by atoms with Gasteiger partial charge in [-0.3, -0.25) is 4.90 Å². The quantitative estimate of drug-likeness (QED) is 0.651. The van der Waals surface area contributed by atoms with Gasteiger partial charge in [-0.2, -0.15) is 0 Å². The van der Waals surface area contributed by atoms with Crippen LogP contribution < -0.4 is 9.47 Å². The van der Waals surface area contributed by atoms with Crippen LogP contribution in [0.2, 0.25) is 5.02 Å². The van der Waals surface area contributed by atoms with Crippen LogP contribution in [0.1, 0.15) is 63.6 Å². The maximum absolute atomic E-state index is 13.5. The number of halogens is 3. The highest BCUT2D eigenvalue weighted by Gasteiger charge is 2.42. The minimum atomic E-state index is -2.60. The SMILES string of the molecule is COc1cc2c(c(Cl)c1OCC1CCC(F)(F)C1)CCN1C[C@@H](OC(C)(C)C)[C@H](O)C[C@H]21. The average Bonchev–Trinajstić information content (AvgIpc) is 3.05. The number of rotatable bonds is 5. The number of aliphatic hydroxyl groups excluding tert-OH is 1. The molecule has 0 amide bonds. The molecule has 4 rings (SSSR count). The molecule has 1 aromatic rings. The van der Waals surface area contributed by atoms with Crippen LogP contribution >= 0.6 is 11.6 Å². The van der Waals surface area contributed by atoms with E-state index in [0.717, 1.165) is 24.1 Å². The van der Waals surface area contributed by atoms with Crippen LogP contribution in [0.5, 0.6) is 11.5 Å². The van der Waals surface area contributed by atoms with Crippen molar-refractivity contribution in [3.8, 4) is 11.5 Å². The van der Waals surface area contributed by atoms with Crippen molar-refractivity contribution in [2.75, 3.05) is 26.8 Å². The molecule has 4 atom stereocenters. The van der Waals surface area contributed by atoms with Crippen LogP contribution in [0.4, 0.5) is 8.78 Å². The van der Waals surface area contributed by atoms with Crippen molar-refractivity contribution in [3.05, 3.63) is 22.2 Å². The fraction of sp³-hybridized carbons (Fsp3) is 0.750. The normalized spacial score (nSPS) is 30.0. The minimum absolute atomic E-state index is 0.0162. The van der Waals surface area contributed by atoms with Crippen molar-refractivity contribution in [3.63, 3.8) is 0 Å². The molecule has 0 radical (unpaired) electrons. The molecule has 32 heavy (non-hydrogen) atoms. The zero-order valence-corrected chi connectivity index (χ0v) is 20.1. The molecule has 0 bridgehead atoms. The molecule has 1 unspecified atom stereocenters. The fourth-order valence-corrected chi connectivity index (χ4v) is 5.65. The van der Waals surface area contributed by atoms with Gasteiger partial charge in [0.25, 0.3) is 0 Å². The smallest absolute Gasteiger partial charge is 0.248 e. The van der Waals surface area contributed by atoms with Crippen molar-refractivity contribution in [1.29, 1.82) is 0 Å². The molecule has 2 fully saturated rings. The van der Waals surface area contributed by atoms with Gasteiger partial charge in [0.05, 0.1) is 36.5 Å². The maximum Gasteiger partial charge on any atom is 0.248 e. The van der Waals surface area contributed by atoms with E-state index in [4.69, 9.17) is 25.8 Å². The van der Waals surface area contributed by atoms with E-state index in [0.29, 0.717) is 35.9 Å². The third-order valence-corrected chi connectivity index (χ3v) is 7.17. The van der Waals surface area contributed by atoms with E-state index in [9.17, 15) is 13.9 Å². The Morgan fingerprint density at radius 3 is 2.69 bits per heavy atom. The summed E-state index contributed by atoms with van der Waals surface area (Å²) in [5.74, 6) is -1.85. The molecule has 0 spiro atoms.